The molecule has 0 N–H and O–H groups in total. The zero-order valence-electron chi connectivity index (χ0n) is 10.6. The van der Waals surface area contributed by atoms with Crippen molar-refractivity contribution in [3.63, 3.8) is 0 Å². The quantitative estimate of drug-likeness (QED) is 0.681. The van der Waals surface area contributed by atoms with Crippen molar-refractivity contribution < 1.29 is 4.74 Å². The van der Waals surface area contributed by atoms with E-state index in [0.717, 1.165) is 23.6 Å². The van der Waals surface area contributed by atoms with Crippen molar-refractivity contribution in [3.8, 4) is 5.75 Å². The van der Waals surface area contributed by atoms with Crippen molar-refractivity contribution in [2.75, 3.05) is 0 Å². The van der Waals surface area contributed by atoms with Crippen LogP contribution in [0.5, 0.6) is 5.75 Å². The predicted octanol–water partition coefficient (Wildman–Crippen LogP) is 4.58. The van der Waals surface area contributed by atoms with Gasteiger partial charge in [0, 0.05) is 10.9 Å². The fraction of sp³-hybridized carbons (Fsp3) is 0.294. The second-order valence-electron chi connectivity index (χ2n) is 5.49. The number of fused-ring (bicyclic) bond motifs is 4. The molecule has 2 aliphatic rings. The summed E-state index contributed by atoms with van der Waals surface area (Å²) in [6.07, 6.45) is 3.66. The first-order chi connectivity index (χ1) is 9.31. The minimum absolute atomic E-state index is 0.221. The van der Waals surface area contributed by atoms with Gasteiger partial charge in [0.15, 0.2) is 0 Å². The van der Waals surface area contributed by atoms with Crippen LogP contribution in [0.25, 0.3) is 0 Å². The molecule has 0 radical (unpaired) electrons. The van der Waals surface area contributed by atoms with Crippen LogP contribution >= 0.6 is 11.6 Å². The van der Waals surface area contributed by atoms with Crippen molar-refractivity contribution >= 4 is 11.6 Å². The normalized spacial score (nSPS) is 23.8. The van der Waals surface area contributed by atoms with Crippen molar-refractivity contribution in [2.45, 2.75) is 25.4 Å². The van der Waals surface area contributed by atoms with Gasteiger partial charge in [0.2, 0.25) is 0 Å². The molecule has 0 fully saturated rings. The standard InChI is InChI=1S/C17H15ClO/c18-14-7-8-16-13(10-14)9-12-6-5-11-3-1-2-4-15(11)17(12)19-16/h1-4,7-8,10,12,17H,5-6,9H2/t12-,17+/m0/s1. The molecule has 2 heteroatoms. The molecule has 0 unspecified atom stereocenters. The Morgan fingerprint density at radius 1 is 1.05 bits per heavy atom. The Morgan fingerprint density at radius 2 is 1.95 bits per heavy atom. The summed E-state index contributed by atoms with van der Waals surface area (Å²) in [7, 11) is 0. The zero-order chi connectivity index (χ0) is 12.8. The summed E-state index contributed by atoms with van der Waals surface area (Å²) in [5.41, 5.74) is 4.08. The second kappa shape index (κ2) is 4.28. The molecule has 1 aliphatic carbocycles. The van der Waals surface area contributed by atoms with E-state index in [0.29, 0.717) is 5.92 Å². The van der Waals surface area contributed by atoms with Gasteiger partial charge in [0.05, 0.1) is 0 Å². The third-order valence-electron chi connectivity index (χ3n) is 4.33. The van der Waals surface area contributed by atoms with E-state index in [1.54, 1.807) is 0 Å². The first-order valence-electron chi connectivity index (χ1n) is 6.84. The van der Waals surface area contributed by atoms with Crippen LogP contribution in [0.1, 0.15) is 29.2 Å². The minimum Gasteiger partial charge on any atom is -0.485 e. The molecule has 2 aromatic carbocycles. The van der Waals surface area contributed by atoms with E-state index >= 15 is 0 Å². The molecular weight excluding hydrogens is 256 g/mol. The highest BCUT2D eigenvalue weighted by Gasteiger charge is 2.35. The Balaban J connectivity index is 1.77. The zero-order valence-corrected chi connectivity index (χ0v) is 11.4. The van der Waals surface area contributed by atoms with Crippen LogP contribution in [-0.4, -0.2) is 0 Å². The van der Waals surface area contributed by atoms with Crippen LogP contribution in [0.3, 0.4) is 0 Å². The van der Waals surface area contributed by atoms with Gasteiger partial charge >= 0.3 is 0 Å². The van der Waals surface area contributed by atoms with E-state index < -0.39 is 0 Å². The maximum atomic E-state index is 6.26. The number of halogens is 1. The average molecular weight is 271 g/mol. The summed E-state index contributed by atoms with van der Waals surface area (Å²) in [6, 6.07) is 14.6. The summed E-state index contributed by atoms with van der Waals surface area (Å²) in [4.78, 5) is 0. The van der Waals surface area contributed by atoms with Gasteiger partial charge in [-0.1, -0.05) is 35.9 Å². The molecule has 0 amide bonds. The van der Waals surface area contributed by atoms with E-state index in [1.807, 2.05) is 18.2 Å². The number of hydrogen-bond acceptors (Lipinski definition) is 1. The van der Waals surface area contributed by atoms with Crippen LogP contribution in [-0.2, 0) is 12.8 Å². The molecule has 4 rings (SSSR count). The van der Waals surface area contributed by atoms with E-state index in [2.05, 4.69) is 24.3 Å². The lowest BCUT2D eigenvalue weighted by atomic mass is 9.77. The van der Waals surface area contributed by atoms with Crippen molar-refractivity contribution in [3.05, 3.63) is 64.2 Å². The summed E-state index contributed by atoms with van der Waals surface area (Å²) < 4.78 is 6.26. The molecule has 0 bridgehead atoms. The van der Waals surface area contributed by atoms with Crippen LogP contribution in [0.15, 0.2) is 42.5 Å². The maximum absolute atomic E-state index is 6.26. The SMILES string of the molecule is Clc1ccc2c(c1)C[C@@H]1CCc3ccccc3[C@@H]1O2. The van der Waals surface area contributed by atoms with Gasteiger partial charge in [-0.05, 0) is 54.2 Å². The second-order valence-corrected chi connectivity index (χ2v) is 5.93. The topological polar surface area (TPSA) is 9.23 Å². The summed E-state index contributed by atoms with van der Waals surface area (Å²) in [5.74, 6) is 1.59. The summed E-state index contributed by atoms with van der Waals surface area (Å²) >= 11 is 6.08. The van der Waals surface area contributed by atoms with Crippen LogP contribution < -0.4 is 4.74 Å². The van der Waals surface area contributed by atoms with Crippen molar-refractivity contribution in [1.82, 2.24) is 0 Å². The third kappa shape index (κ3) is 1.84. The Labute approximate surface area is 118 Å². The Bertz CT molecular complexity index is 635. The van der Waals surface area contributed by atoms with Crippen molar-refractivity contribution in [1.29, 1.82) is 0 Å². The maximum Gasteiger partial charge on any atom is 0.127 e. The number of rotatable bonds is 0. The molecule has 0 aromatic heterocycles. The van der Waals surface area contributed by atoms with Crippen molar-refractivity contribution in [2.24, 2.45) is 5.92 Å². The lowest BCUT2D eigenvalue weighted by molar-refractivity contribution is 0.0987. The highest BCUT2D eigenvalue weighted by atomic mass is 35.5. The van der Waals surface area contributed by atoms with Gasteiger partial charge < -0.3 is 4.74 Å². The molecule has 19 heavy (non-hydrogen) atoms. The van der Waals surface area contributed by atoms with E-state index in [9.17, 15) is 0 Å². The minimum atomic E-state index is 0.221. The van der Waals surface area contributed by atoms with Gasteiger partial charge in [-0.25, -0.2) is 0 Å². The fourth-order valence-corrected chi connectivity index (χ4v) is 3.59. The Kier molecular flexibility index (Phi) is 2.56. The summed E-state index contributed by atoms with van der Waals surface area (Å²) in [6.45, 7) is 0. The number of aryl methyl sites for hydroxylation is 1. The van der Waals surface area contributed by atoms with E-state index in [-0.39, 0.29) is 6.10 Å². The highest BCUT2D eigenvalue weighted by molar-refractivity contribution is 6.30. The van der Waals surface area contributed by atoms with Gasteiger partial charge in [-0.2, -0.15) is 0 Å². The van der Waals surface area contributed by atoms with Crippen LogP contribution in [0.4, 0.5) is 0 Å². The average Bonchev–Trinajstić information content (AvgIpc) is 2.45. The molecule has 2 atom stereocenters. The van der Waals surface area contributed by atoms with Crippen LogP contribution in [0.2, 0.25) is 5.02 Å². The highest BCUT2D eigenvalue weighted by Crippen LogP contribution is 2.45. The molecule has 0 saturated heterocycles. The largest absolute Gasteiger partial charge is 0.485 e. The number of hydrogen-bond donors (Lipinski definition) is 0. The van der Waals surface area contributed by atoms with Crippen LogP contribution in [0, 0.1) is 5.92 Å². The molecular formula is C17H15ClO. The van der Waals surface area contributed by atoms with Gasteiger partial charge in [-0.3, -0.25) is 0 Å². The third-order valence-corrected chi connectivity index (χ3v) is 4.57. The van der Waals surface area contributed by atoms with E-state index in [1.165, 1.54) is 23.1 Å². The van der Waals surface area contributed by atoms with Gasteiger partial charge in [-0.15, -0.1) is 0 Å². The first kappa shape index (κ1) is 11.4. The molecule has 0 saturated carbocycles. The first-order valence-corrected chi connectivity index (χ1v) is 7.22. The molecule has 1 nitrogen and oxygen atoms in total. The molecule has 1 heterocycles. The van der Waals surface area contributed by atoms with Gasteiger partial charge in [0.1, 0.15) is 11.9 Å². The Morgan fingerprint density at radius 3 is 2.89 bits per heavy atom. The van der Waals surface area contributed by atoms with E-state index in [4.69, 9.17) is 16.3 Å². The molecule has 0 spiro atoms. The van der Waals surface area contributed by atoms with Gasteiger partial charge in [0.25, 0.3) is 0 Å². The number of benzene rings is 2. The Hall–Kier alpha value is -1.47. The molecule has 96 valence electrons. The summed E-state index contributed by atoms with van der Waals surface area (Å²) in [5, 5.41) is 0.803. The lowest BCUT2D eigenvalue weighted by Crippen LogP contribution is -2.30. The smallest absolute Gasteiger partial charge is 0.127 e. The predicted molar refractivity (Wildman–Crippen MR) is 76.8 cm³/mol. The lowest BCUT2D eigenvalue weighted by Gasteiger charge is -2.38. The fourth-order valence-electron chi connectivity index (χ4n) is 3.40. The molecule has 1 aliphatic heterocycles. The molecule has 2 aromatic rings. The number of ether oxygens (including phenoxy) is 1. The monoisotopic (exact) mass is 270 g/mol.